The predicted molar refractivity (Wildman–Crippen MR) is 95.1 cm³/mol. The van der Waals surface area contributed by atoms with E-state index >= 15 is 4.39 Å². The number of nitrogens with one attached hydrogen (secondary N) is 1. The summed E-state index contributed by atoms with van der Waals surface area (Å²) in [5.74, 6) is 0. The summed E-state index contributed by atoms with van der Waals surface area (Å²) >= 11 is 0. The molecule has 1 aliphatic rings. The highest BCUT2D eigenvalue weighted by Gasteiger charge is 2.33. The second kappa shape index (κ2) is 6.22. The second-order valence-corrected chi connectivity index (χ2v) is 6.60. The number of nitrogens with zero attached hydrogens (tertiary/aromatic N) is 2. The van der Waals surface area contributed by atoms with E-state index in [1.807, 2.05) is 42.6 Å². The van der Waals surface area contributed by atoms with Gasteiger partial charge in [0, 0.05) is 23.7 Å². The molecule has 2 atom stereocenters. The molecule has 1 fully saturated rings. The SMILES string of the molecule is NC(O)c1cccc2cn(-c3ccc([C@@]4(F)CCCNC4)cc3)nc12. The zero-order valence-corrected chi connectivity index (χ0v) is 13.8. The van der Waals surface area contributed by atoms with Gasteiger partial charge in [0.1, 0.15) is 11.9 Å². The van der Waals surface area contributed by atoms with Gasteiger partial charge < -0.3 is 16.2 Å². The normalized spacial score (nSPS) is 22.2. The van der Waals surface area contributed by atoms with Gasteiger partial charge in [0.15, 0.2) is 0 Å². The van der Waals surface area contributed by atoms with Crippen LogP contribution in [-0.4, -0.2) is 28.0 Å². The number of halogens is 1. The third-order valence-corrected chi connectivity index (χ3v) is 4.87. The number of rotatable bonds is 3. The number of hydrogen-bond donors (Lipinski definition) is 3. The maximum Gasteiger partial charge on any atom is 0.148 e. The number of aromatic nitrogens is 2. The maximum atomic E-state index is 15.0. The minimum absolute atomic E-state index is 0.357. The Labute approximate surface area is 145 Å². The first-order valence-corrected chi connectivity index (χ1v) is 8.49. The summed E-state index contributed by atoms with van der Waals surface area (Å²) in [4.78, 5) is 0. The zero-order chi connectivity index (χ0) is 17.4. The Morgan fingerprint density at radius 1 is 1.24 bits per heavy atom. The monoisotopic (exact) mass is 340 g/mol. The van der Waals surface area contributed by atoms with Crippen LogP contribution < -0.4 is 11.1 Å². The fourth-order valence-electron chi connectivity index (χ4n) is 3.47. The molecule has 0 amide bonds. The van der Waals surface area contributed by atoms with Gasteiger partial charge >= 0.3 is 0 Å². The molecule has 0 saturated carbocycles. The van der Waals surface area contributed by atoms with E-state index in [4.69, 9.17) is 5.73 Å². The number of piperidine rings is 1. The van der Waals surface area contributed by atoms with Crippen molar-refractivity contribution in [3.63, 3.8) is 0 Å². The van der Waals surface area contributed by atoms with Crippen molar-refractivity contribution in [2.45, 2.75) is 24.7 Å². The highest BCUT2D eigenvalue weighted by Crippen LogP contribution is 2.33. The number of aliphatic hydroxyl groups is 1. The van der Waals surface area contributed by atoms with Crippen LogP contribution in [0.25, 0.3) is 16.6 Å². The standard InChI is InChI=1S/C19H21FN4O/c20-19(9-2-10-22-12-19)14-5-7-15(8-6-14)24-11-13-3-1-4-16(18(21)25)17(13)23-24/h1,3-8,11,18,22,25H,2,9-10,12,21H2/t18?,19-/m1/s1. The molecular formula is C19H21FN4O. The van der Waals surface area contributed by atoms with Gasteiger partial charge in [-0.05, 0) is 37.1 Å². The molecule has 2 heterocycles. The zero-order valence-electron chi connectivity index (χ0n) is 13.8. The van der Waals surface area contributed by atoms with Crippen LogP contribution in [0.5, 0.6) is 0 Å². The quantitative estimate of drug-likeness (QED) is 0.641. The third-order valence-electron chi connectivity index (χ3n) is 4.87. The van der Waals surface area contributed by atoms with Crippen LogP contribution in [0.1, 0.15) is 30.2 Å². The minimum Gasteiger partial charge on any atom is -0.374 e. The van der Waals surface area contributed by atoms with Crippen molar-refractivity contribution in [3.05, 3.63) is 59.8 Å². The molecular weight excluding hydrogens is 319 g/mol. The van der Waals surface area contributed by atoms with Crippen molar-refractivity contribution in [3.8, 4) is 5.69 Å². The summed E-state index contributed by atoms with van der Waals surface area (Å²) in [6.07, 6.45) is 2.19. The lowest BCUT2D eigenvalue weighted by molar-refractivity contribution is 0.122. The largest absolute Gasteiger partial charge is 0.374 e. The van der Waals surface area contributed by atoms with Crippen molar-refractivity contribution in [2.75, 3.05) is 13.1 Å². The van der Waals surface area contributed by atoms with Gasteiger partial charge in [0.05, 0.1) is 11.2 Å². The molecule has 0 aliphatic carbocycles. The Kier molecular flexibility index (Phi) is 4.03. The van der Waals surface area contributed by atoms with Crippen molar-refractivity contribution in [1.29, 1.82) is 0 Å². The van der Waals surface area contributed by atoms with Gasteiger partial charge in [0.2, 0.25) is 0 Å². The van der Waals surface area contributed by atoms with Crippen molar-refractivity contribution in [1.82, 2.24) is 15.1 Å². The van der Waals surface area contributed by atoms with E-state index in [1.165, 1.54) is 0 Å². The summed E-state index contributed by atoms with van der Waals surface area (Å²) in [6.45, 7) is 1.23. The fraction of sp³-hybridized carbons (Fsp3) is 0.316. The summed E-state index contributed by atoms with van der Waals surface area (Å²) < 4.78 is 16.7. The maximum absolute atomic E-state index is 15.0. The predicted octanol–water partition coefficient (Wildman–Crippen LogP) is 2.52. The van der Waals surface area contributed by atoms with E-state index in [-0.39, 0.29) is 0 Å². The minimum atomic E-state index is -1.30. The fourth-order valence-corrected chi connectivity index (χ4v) is 3.47. The molecule has 2 aromatic carbocycles. The molecule has 1 unspecified atom stereocenters. The molecule has 5 nitrogen and oxygen atoms in total. The van der Waals surface area contributed by atoms with Gasteiger partial charge in [-0.25, -0.2) is 9.07 Å². The number of benzene rings is 2. The number of nitrogens with two attached hydrogens (primary N) is 1. The summed E-state index contributed by atoms with van der Waals surface area (Å²) in [5, 5.41) is 18.2. The highest BCUT2D eigenvalue weighted by atomic mass is 19.1. The van der Waals surface area contributed by atoms with E-state index in [9.17, 15) is 5.11 Å². The Hall–Kier alpha value is -2.28. The van der Waals surface area contributed by atoms with Gasteiger partial charge in [0.25, 0.3) is 0 Å². The van der Waals surface area contributed by atoms with E-state index in [1.54, 1.807) is 10.7 Å². The Bertz CT molecular complexity index is 882. The smallest absolute Gasteiger partial charge is 0.148 e. The number of hydrogen-bond acceptors (Lipinski definition) is 4. The summed E-state index contributed by atoms with van der Waals surface area (Å²) in [7, 11) is 0. The molecule has 1 aromatic heterocycles. The molecule has 6 heteroatoms. The first-order chi connectivity index (χ1) is 12.1. The lowest BCUT2D eigenvalue weighted by atomic mass is 9.88. The van der Waals surface area contributed by atoms with Gasteiger partial charge in [-0.15, -0.1) is 0 Å². The Morgan fingerprint density at radius 2 is 2.04 bits per heavy atom. The summed E-state index contributed by atoms with van der Waals surface area (Å²) in [5.41, 5.74) is 7.08. The van der Waals surface area contributed by atoms with E-state index < -0.39 is 11.9 Å². The topological polar surface area (TPSA) is 76.1 Å². The van der Waals surface area contributed by atoms with E-state index in [2.05, 4.69) is 10.4 Å². The molecule has 4 N–H and O–H groups in total. The van der Waals surface area contributed by atoms with Crippen LogP contribution in [0.4, 0.5) is 4.39 Å². The molecule has 0 spiro atoms. The molecule has 3 aromatic rings. The third kappa shape index (κ3) is 2.93. The molecule has 4 rings (SSSR count). The van der Waals surface area contributed by atoms with Crippen LogP contribution in [0.3, 0.4) is 0 Å². The van der Waals surface area contributed by atoms with Crippen LogP contribution >= 0.6 is 0 Å². The van der Waals surface area contributed by atoms with Crippen LogP contribution in [-0.2, 0) is 5.67 Å². The van der Waals surface area contributed by atoms with Crippen LogP contribution in [0, 0.1) is 0 Å². The summed E-state index contributed by atoms with van der Waals surface area (Å²) in [6, 6.07) is 12.9. The number of aliphatic hydroxyl groups excluding tert-OH is 1. The molecule has 0 bridgehead atoms. The van der Waals surface area contributed by atoms with Crippen LogP contribution in [0.2, 0.25) is 0 Å². The molecule has 130 valence electrons. The van der Waals surface area contributed by atoms with Gasteiger partial charge in [-0.3, -0.25) is 0 Å². The van der Waals surface area contributed by atoms with E-state index in [0.29, 0.717) is 29.6 Å². The average Bonchev–Trinajstić information content (AvgIpc) is 3.06. The lowest BCUT2D eigenvalue weighted by Crippen LogP contribution is -2.40. The average molecular weight is 340 g/mol. The number of alkyl halides is 1. The van der Waals surface area contributed by atoms with Gasteiger partial charge in [-0.1, -0.05) is 30.3 Å². The highest BCUT2D eigenvalue weighted by molar-refractivity contribution is 5.82. The van der Waals surface area contributed by atoms with E-state index in [0.717, 1.165) is 24.0 Å². The van der Waals surface area contributed by atoms with Crippen molar-refractivity contribution in [2.24, 2.45) is 5.73 Å². The second-order valence-electron chi connectivity index (χ2n) is 6.60. The molecule has 25 heavy (non-hydrogen) atoms. The first kappa shape index (κ1) is 16.2. The number of fused-ring (bicyclic) bond motifs is 1. The Morgan fingerprint density at radius 3 is 2.72 bits per heavy atom. The first-order valence-electron chi connectivity index (χ1n) is 8.49. The molecule has 1 aliphatic heterocycles. The Balaban J connectivity index is 1.68. The van der Waals surface area contributed by atoms with Gasteiger partial charge in [-0.2, -0.15) is 5.10 Å². The van der Waals surface area contributed by atoms with Crippen molar-refractivity contribution >= 4 is 10.9 Å². The molecule has 1 saturated heterocycles. The molecule has 0 radical (unpaired) electrons. The van der Waals surface area contributed by atoms with Crippen molar-refractivity contribution < 1.29 is 9.50 Å². The van der Waals surface area contributed by atoms with Crippen LogP contribution in [0.15, 0.2) is 48.7 Å². The lowest BCUT2D eigenvalue weighted by Gasteiger charge is -2.30.